The van der Waals surface area contributed by atoms with Crippen molar-refractivity contribution in [1.29, 1.82) is 0 Å². The van der Waals surface area contributed by atoms with Crippen molar-refractivity contribution >= 4 is 17.7 Å². The van der Waals surface area contributed by atoms with Crippen molar-refractivity contribution in [2.75, 3.05) is 26.2 Å². The SMILES string of the molecule is CCCN(CCC)CCNC(=O)c1noc2c1CSc1ccccc1-2. The summed E-state index contributed by atoms with van der Waals surface area (Å²) in [5, 5.41) is 7.05. The van der Waals surface area contributed by atoms with Gasteiger partial charge < -0.3 is 14.7 Å². The number of nitrogens with one attached hydrogen (secondary N) is 1. The average molecular weight is 359 g/mol. The number of benzene rings is 1. The molecule has 3 rings (SSSR count). The minimum absolute atomic E-state index is 0.141. The fourth-order valence-electron chi connectivity index (χ4n) is 3.14. The van der Waals surface area contributed by atoms with E-state index in [1.807, 2.05) is 18.2 Å². The van der Waals surface area contributed by atoms with Gasteiger partial charge in [0.1, 0.15) is 0 Å². The molecule has 1 aromatic carbocycles. The largest absolute Gasteiger partial charge is 0.355 e. The summed E-state index contributed by atoms with van der Waals surface area (Å²) in [4.78, 5) is 16.1. The highest BCUT2D eigenvalue weighted by molar-refractivity contribution is 7.98. The predicted octanol–water partition coefficient (Wildman–Crippen LogP) is 3.80. The molecule has 1 amide bonds. The Morgan fingerprint density at radius 2 is 2.00 bits per heavy atom. The number of hydrogen-bond acceptors (Lipinski definition) is 5. The third kappa shape index (κ3) is 4.07. The van der Waals surface area contributed by atoms with Crippen molar-refractivity contribution in [3.05, 3.63) is 35.5 Å². The first kappa shape index (κ1) is 18.0. The van der Waals surface area contributed by atoms with Gasteiger partial charge in [-0.05, 0) is 38.1 Å². The fourth-order valence-corrected chi connectivity index (χ4v) is 4.20. The van der Waals surface area contributed by atoms with Gasteiger partial charge in [0.05, 0.1) is 0 Å². The number of carbonyl (C=O) groups excluding carboxylic acids is 1. The van der Waals surface area contributed by atoms with Crippen LogP contribution in [0.25, 0.3) is 11.3 Å². The highest BCUT2D eigenvalue weighted by atomic mass is 32.2. The van der Waals surface area contributed by atoms with Gasteiger partial charge in [-0.25, -0.2) is 0 Å². The van der Waals surface area contributed by atoms with Crippen LogP contribution in [0.15, 0.2) is 33.7 Å². The zero-order chi connectivity index (χ0) is 17.6. The number of nitrogens with zero attached hydrogens (tertiary/aromatic N) is 2. The van der Waals surface area contributed by atoms with Gasteiger partial charge in [-0.3, -0.25) is 4.79 Å². The lowest BCUT2D eigenvalue weighted by atomic mass is 10.1. The van der Waals surface area contributed by atoms with E-state index < -0.39 is 0 Å². The molecular formula is C19H25N3O2S. The first-order valence-corrected chi connectivity index (χ1v) is 9.94. The van der Waals surface area contributed by atoms with Crippen molar-refractivity contribution in [3.8, 4) is 11.3 Å². The second kappa shape index (κ2) is 8.54. The van der Waals surface area contributed by atoms with Crippen LogP contribution in [0.5, 0.6) is 0 Å². The van der Waals surface area contributed by atoms with Crippen LogP contribution in [-0.2, 0) is 5.75 Å². The van der Waals surface area contributed by atoms with Gasteiger partial charge >= 0.3 is 0 Å². The zero-order valence-corrected chi connectivity index (χ0v) is 15.7. The van der Waals surface area contributed by atoms with Gasteiger partial charge in [-0.1, -0.05) is 31.1 Å². The maximum absolute atomic E-state index is 12.5. The molecular weight excluding hydrogens is 334 g/mol. The molecule has 2 aromatic rings. The molecule has 0 saturated carbocycles. The third-order valence-corrected chi connectivity index (χ3v) is 5.40. The van der Waals surface area contributed by atoms with Crippen LogP contribution in [0.4, 0.5) is 0 Å². The molecule has 1 N–H and O–H groups in total. The summed E-state index contributed by atoms with van der Waals surface area (Å²) >= 11 is 1.72. The highest BCUT2D eigenvalue weighted by Gasteiger charge is 2.27. The van der Waals surface area contributed by atoms with Crippen LogP contribution in [0.2, 0.25) is 0 Å². The number of hydrogen-bond donors (Lipinski definition) is 1. The Labute approximate surface area is 153 Å². The number of carbonyl (C=O) groups is 1. The minimum atomic E-state index is -0.141. The standard InChI is InChI=1S/C19H25N3O2S/c1-3-10-22(11-4-2)12-9-20-19(23)17-15-13-25-16-8-6-5-7-14(16)18(15)24-21-17/h5-8H,3-4,9-13H2,1-2H3,(H,20,23). The molecule has 5 nitrogen and oxygen atoms in total. The first-order chi connectivity index (χ1) is 12.2. The molecule has 0 saturated heterocycles. The van der Waals surface area contributed by atoms with Crippen LogP contribution in [0.1, 0.15) is 42.7 Å². The topological polar surface area (TPSA) is 58.4 Å². The second-order valence-corrected chi connectivity index (χ2v) is 7.24. The van der Waals surface area contributed by atoms with Crippen LogP contribution in [0, 0.1) is 0 Å². The maximum Gasteiger partial charge on any atom is 0.273 e. The molecule has 134 valence electrons. The van der Waals surface area contributed by atoms with Gasteiger partial charge in [0, 0.05) is 34.9 Å². The van der Waals surface area contributed by atoms with E-state index in [-0.39, 0.29) is 5.91 Å². The zero-order valence-electron chi connectivity index (χ0n) is 14.9. The summed E-state index contributed by atoms with van der Waals surface area (Å²) < 4.78 is 5.50. The van der Waals surface area contributed by atoms with Crippen molar-refractivity contribution in [1.82, 2.24) is 15.4 Å². The molecule has 0 radical (unpaired) electrons. The van der Waals surface area contributed by atoms with E-state index in [4.69, 9.17) is 4.52 Å². The molecule has 2 heterocycles. The van der Waals surface area contributed by atoms with Crippen molar-refractivity contribution in [3.63, 3.8) is 0 Å². The van der Waals surface area contributed by atoms with Crippen LogP contribution in [-0.4, -0.2) is 42.1 Å². The highest BCUT2D eigenvalue weighted by Crippen LogP contribution is 2.42. The molecule has 25 heavy (non-hydrogen) atoms. The van der Waals surface area contributed by atoms with Crippen molar-refractivity contribution < 1.29 is 9.32 Å². The Bertz CT molecular complexity index is 723. The number of aromatic nitrogens is 1. The molecule has 1 aromatic heterocycles. The normalized spacial score (nSPS) is 12.8. The number of thioether (sulfide) groups is 1. The van der Waals surface area contributed by atoms with Crippen molar-refractivity contribution in [2.24, 2.45) is 0 Å². The van der Waals surface area contributed by atoms with Crippen molar-refractivity contribution in [2.45, 2.75) is 37.3 Å². The Hall–Kier alpha value is -1.79. The molecule has 1 aliphatic rings. The monoisotopic (exact) mass is 359 g/mol. The third-order valence-electron chi connectivity index (χ3n) is 4.30. The van der Waals surface area contributed by atoms with E-state index >= 15 is 0 Å². The molecule has 6 heteroatoms. The van der Waals surface area contributed by atoms with E-state index in [1.165, 1.54) is 4.90 Å². The van der Waals surface area contributed by atoms with Crippen LogP contribution < -0.4 is 5.32 Å². The summed E-state index contributed by atoms with van der Waals surface area (Å²) in [5.74, 6) is 1.31. The Balaban J connectivity index is 1.64. The molecule has 0 unspecified atom stereocenters. The van der Waals surface area contributed by atoms with Gasteiger partial charge in [0.25, 0.3) is 5.91 Å². The van der Waals surface area contributed by atoms with E-state index in [0.29, 0.717) is 12.2 Å². The molecule has 0 aliphatic carbocycles. The second-order valence-electron chi connectivity index (χ2n) is 6.22. The summed E-state index contributed by atoms with van der Waals surface area (Å²) in [6.45, 7) is 7.99. The van der Waals surface area contributed by atoms with Crippen LogP contribution >= 0.6 is 11.8 Å². The molecule has 0 atom stereocenters. The van der Waals surface area contributed by atoms with E-state index in [2.05, 4.69) is 35.3 Å². The Kier molecular flexibility index (Phi) is 6.15. The number of fused-ring (bicyclic) bond motifs is 3. The Morgan fingerprint density at radius 3 is 2.76 bits per heavy atom. The molecule has 1 aliphatic heterocycles. The fraction of sp³-hybridized carbons (Fsp3) is 0.474. The van der Waals surface area contributed by atoms with Crippen LogP contribution in [0.3, 0.4) is 0 Å². The number of amides is 1. The number of rotatable bonds is 8. The molecule has 0 bridgehead atoms. The lowest BCUT2D eigenvalue weighted by molar-refractivity contribution is 0.0938. The van der Waals surface area contributed by atoms with Gasteiger partial charge in [0.15, 0.2) is 11.5 Å². The maximum atomic E-state index is 12.5. The van der Waals surface area contributed by atoms with E-state index in [9.17, 15) is 4.79 Å². The lowest BCUT2D eigenvalue weighted by Gasteiger charge is -2.20. The summed E-state index contributed by atoms with van der Waals surface area (Å²) in [6, 6.07) is 8.08. The summed E-state index contributed by atoms with van der Waals surface area (Å²) in [7, 11) is 0. The lowest BCUT2D eigenvalue weighted by Crippen LogP contribution is -2.36. The van der Waals surface area contributed by atoms with E-state index in [1.54, 1.807) is 11.8 Å². The first-order valence-electron chi connectivity index (χ1n) is 8.95. The van der Waals surface area contributed by atoms with E-state index in [0.717, 1.165) is 55.1 Å². The van der Waals surface area contributed by atoms with Gasteiger partial charge in [0.2, 0.25) is 0 Å². The van der Waals surface area contributed by atoms with Gasteiger partial charge in [-0.2, -0.15) is 0 Å². The summed E-state index contributed by atoms with van der Waals surface area (Å²) in [6.07, 6.45) is 2.25. The predicted molar refractivity (Wildman–Crippen MR) is 101 cm³/mol. The molecule has 0 spiro atoms. The van der Waals surface area contributed by atoms with Gasteiger partial charge in [-0.15, -0.1) is 11.8 Å². The summed E-state index contributed by atoms with van der Waals surface area (Å²) in [5.41, 5.74) is 2.35. The smallest absolute Gasteiger partial charge is 0.273 e. The average Bonchev–Trinajstić information content (AvgIpc) is 3.06. The minimum Gasteiger partial charge on any atom is -0.355 e. The molecule has 0 fully saturated rings. The quantitative estimate of drug-likeness (QED) is 0.777. The Morgan fingerprint density at radius 1 is 1.24 bits per heavy atom.